The average Bonchev–Trinajstić information content (AvgIpc) is 2.81. The zero-order valence-electron chi connectivity index (χ0n) is 10.2. The van der Waals surface area contributed by atoms with E-state index in [4.69, 9.17) is 0 Å². The number of nitrogens with zero attached hydrogens (tertiary/aromatic N) is 1. The second-order valence-corrected chi connectivity index (χ2v) is 4.09. The maximum Gasteiger partial charge on any atom is 0.433 e. The first-order valence-corrected chi connectivity index (χ1v) is 5.51. The van der Waals surface area contributed by atoms with E-state index in [0.29, 0.717) is 6.54 Å². The molecule has 1 aliphatic heterocycles. The Labute approximate surface area is 126 Å². The van der Waals surface area contributed by atoms with Crippen molar-refractivity contribution in [3.05, 3.63) is 29.6 Å². The summed E-state index contributed by atoms with van der Waals surface area (Å²) in [5.41, 5.74) is -0.864. The molecular weight excluding hydrogens is 318 g/mol. The number of amides is 1. The van der Waals surface area contributed by atoms with Gasteiger partial charge in [-0.25, -0.2) is 0 Å². The molecule has 0 saturated carbocycles. The molecule has 2 rings (SSSR count). The van der Waals surface area contributed by atoms with E-state index in [-0.39, 0.29) is 36.4 Å². The highest BCUT2D eigenvalue weighted by Gasteiger charge is 2.32. The van der Waals surface area contributed by atoms with Crippen molar-refractivity contribution in [1.29, 1.82) is 0 Å². The Morgan fingerprint density at radius 1 is 1.35 bits per heavy atom. The van der Waals surface area contributed by atoms with Crippen LogP contribution < -0.4 is 10.6 Å². The van der Waals surface area contributed by atoms with E-state index in [1.165, 1.54) is 0 Å². The SMILES string of the molecule is Cl.Cl.O=C(NC1CCNC1)c1ccc(C(F)(F)F)nc1. The van der Waals surface area contributed by atoms with Gasteiger partial charge in [0, 0.05) is 18.8 Å². The predicted molar refractivity (Wildman–Crippen MR) is 72.5 cm³/mol. The van der Waals surface area contributed by atoms with Crippen LogP contribution in [0.25, 0.3) is 0 Å². The molecule has 20 heavy (non-hydrogen) atoms. The lowest BCUT2D eigenvalue weighted by atomic mass is 10.2. The monoisotopic (exact) mass is 331 g/mol. The van der Waals surface area contributed by atoms with Gasteiger partial charge in [0.2, 0.25) is 0 Å². The van der Waals surface area contributed by atoms with Gasteiger partial charge in [-0.2, -0.15) is 13.2 Å². The standard InChI is InChI=1S/C11H12F3N3O.2ClH/c12-11(13,14)9-2-1-7(5-16-9)10(18)17-8-3-4-15-6-8;;/h1-2,5,8,15H,3-4,6H2,(H,17,18);2*1H. The minimum Gasteiger partial charge on any atom is -0.348 e. The van der Waals surface area contributed by atoms with Gasteiger partial charge in [-0.15, -0.1) is 24.8 Å². The lowest BCUT2D eigenvalue weighted by Crippen LogP contribution is -2.36. The van der Waals surface area contributed by atoms with Crippen molar-refractivity contribution in [2.75, 3.05) is 13.1 Å². The van der Waals surface area contributed by atoms with Crippen molar-refractivity contribution < 1.29 is 18.0 Å². The highest BCUT2D eigenvalue weighted by Crippen LogP contribution is 2.27. The van der Waals surface area contributed by atoms with Crippen LogP contribution in [0.2, 0.25) is 0 Å². The summed E-state index contributed by atoms with van der Waals surface area (Å²) < 4.78 is 36.8. The Hall–Kier alpha value is -1.05. The molecule has 0 bridgehead atoms. The topological polar surface area (TPSA) is 54.0 Å². The third-order valence-corrected chi connectivity index (χ3v) is 2.71. The smallest absolute Gasteiger partial charge is 0.348 e. The van der Waals surface area contributed by atoms with E-state index in [1.54, 1.807) is 0 Å². The second kappa shape index (κ2) is 7.66. The molecule has 0 aromatic carbocycles. The fourth-order valence-corrected chi connectivity index (χ4v) is 1.74. The molecule has 114 valence electrons. The highest BCUT2D eigenvalue weighted by atomic mass is 35.5. The van der Waals surface area contributed by atoms with E-state index in [2.05, 4.69) is 15.6 Å². The van der Waals surface area contributed by atoms with Crippen LogP contribution in [0, 0.1) is 0 Å². The Balaban J connectivity index is 0.00000180. The molecule has 1 atom stereocenters. The van der Waals surface area contributed by atoms with Crippen molar-refractivity contribution in [3.63, 3.8) is 0 Å². The van der Waals surface area contributed by atoms with Gasteiger partial charge in [-0.3, -0.25) is 9.78 Å². The molecule has 1 aliphatic rings. The van der Waals surface area contributed by atoms with E-state index in [9.17, 15) is 18.0 Å². The summed E-state index contributed by atoms with van der Waals surface area (Å²) in [6.45, 7) is 1.51. The number of alkyl halides is 3. The summed E-state index contributed by atoms with van der Waals surface area (Å²) in [6.07, 6.45) is -2.72. The van der Waals surface area contributed by atoms with Crippen molar-refractivity contribution in [2.45, 2.75) is 18.6 Å². The minimum absolute atomic E-state index is 0. The van der Waals surface area contributed by atoms with Gasteiger partial charge in [0.05, 0.1) is 5.56 Å². The summed E-state index contributed by atoms with van der Waals surface area (Å²) in [6, 6.07) is 1.97. The van der Waals surface area contributed by atoms with Crippen LogP contribution in [0.1, 0.15) is 22.5 Å². The number of carbonyl (C=O) groups excluding carboxylic acids is 1. The van der Waals surface area contributed by atoms with Crippen molar-refractivity contribution in [2.24, 2.45) is 0 Å². The minimum atomic E-state index is -4.48. The number of hydrogen-bond acceptors (Lipinski definition) is 3. The predicted octanol–water partition coefficient (Wildman–Crippen LogP) is 2.04. The molecule has 2 heterocycles. The zero-order chi connectivity index (χ0) is 13.2. The van der Waals surface area contributed by atoms with Gasteiger partial charge in [0.25, 0.3) is 5.91 Å². The number of nitrogens with one attached hydrogen (secondary N) is 2. The van der Waals surface area contributed by atoms with E-state index in [0.717, 1.165) is 31.3 Å². The van der Waals surface area contributed by atoms with Gasteiger partial charge < -0.3 is 10.6 Å². The quantitative estimate of drug-likeness (QED) is 0.871. The first-order chi connectivity index (χ1) is 8.47. The molecule has 2 N–H and O–H groups in total. The molecule has 1 saturated heterocycles. The Morgan fingerprint density at radius 2 is 2.05 bits per heavy atom. The average molecular weight is 332 g/mol. The van der Waals surface area contributed by atoms with Crippen LogP contribution in [0.5, 0.6) is 0 Å². The van der Waals surface area contributed by atoms with E-state index in [1.807, 2.05) is 0 Å². The molecule has 1 fully saturated rings. The first-order valence-electron chi connectivity index (χ1n) is 5.51. The molecular formula is C11H14Cl2F3N3O. The van der Waals surface area contributed by atoms with Crippen LogP contribution in [0.4, 0.5) is 13.2 Å². The summed E-state index contributed by atoms with van der Waals surface area (Å²) in [7, 11) is 0. The van der Waals surface area contributed by atoms with Gasteiger partial charge in [0.15, 0.2) is 0 Å². The summed E-state index contributed by atoms with van der Waals surface area (Å²) in [5.74, 6) is -0.398. The number of pyridine rings is 1. The van der Waals surface area contributed by atoms with Crippen molar-refractivity contribution in [1.82, 2.24) is 15.6 Å². The number of aromatic nitrogens is 1. The van der Waals surface area contributed by atoms with Crippen LogP contribution in [-0.4, -0.2) is 30.0 Å². The highest BCUT2D eigenvalue weighted by molar-refractivity contribution is 5.94. The van der Waals surface area contributed by atoms with Crippen LogP contribution in [0.3, 0.4) is 0 Å². The third-order valence-electron chi connectivity index (χ3n) is 2.71. The normalized spacial score (nSPS) is 17.9. The molecule has 1 aromatic rings. The lowest BCUT2D eigenvalue weighted by Gasteiger charge is -2.11. The Kier molecular flexibility index (Phi) is 7.26. The Bertz CT molecular complexity index is 434. The summed E-state index contributed by atoms with van der Waals surface area (Å²) in [5, 5.41) is 5.81. The summed E-state index contributed by atoms with van der Waals surface area (Å²) >= 11 is 0. The molecule has 0 aliphatic carbocycles. The molecule has 1 amide bonds. The maximum atomic E-state index is 12.3. The molecule has 1 unspecified atom stereocenters. The van der Waals surface area contributed by atoms with Crippen LogP contribution in [-0.2, 0) is 6.18 Å². The van der Waals surface area contributed by atoms with E-state index < -0.39 is 17.8 Å². The van der Waals surface area contributed by atoms with Gasteiger partial charge in [-0.1, -0.05) is 0 Å². The molecule has 4 nitrogen and oxygen atoms in total. The largest absolute Gasteiger partial charge is 0.433 e. The zero-order valence-corrected chi connectivity index (χ0v) is 11.9. The first kappa shape index (κ1) is 18.9. The van der Waals surface area contributed by atoms with Gasteiger partial charge in [-0.05, 0) is 25.1 Å². The van der Waals surface area contributed by atoms with Gasteiger partial charge >= 0.3 is 6.18 Å². The van der Waals surface area contributed by atoms with E-state index >= 15 is 0 Å². The second-order valence-electron chi connectivity index (χ2n) is 4.09. The third kappa shape index (κ3) is 4.81. The van der Waals surface area contributed by atoms with Crippen molar-refractivity contribution >= 4 is 30.7 Å². The molecule has 9 heteroatoms. The van der Waals surface area contributed by atoms with Crippen LogP contribution in [0.15, 0.2) is 18.3 Å². The number of carbonyl (C=O) groups is 1. The fourth-order valence-electron chi connectivity index (χ4n) is 1.74. The van der Waals surface area contributed by atoms with Gasteiger partial charge in [0.1, 0.15) is 5.69 Å². The number of hydrogen-bond donors (Lipinski definition) is 2. The lowest BCUT2D eigenvalue weighted by molar-refractivity contribution is -0.141. The Morgan fingerprint density at radius 3 is 2.50 bits per heavy atom. The van der Waals surface area contributed by atoms with Crippen LogP contribution >= 0.6 is 24.8 Å². The molecule has 0 radical (unpaired) electrons. The number of rotatable bonds is 2. The van der Waals surface area contributed by atoms with Crippen molar-refractivity contribution in [3.8, 4) is 0 Å². The molecule has 1 aromatic heterocycles. The number of halogens is 5. The fraction of sp³-hybridized carbons (Fsp3) is 0.455. The summed E-state index contributed by atoms with van der Waals surface area (Å²) in [4.78, 5) is 14.9. The maximum absolute atomic E-state index is 12.3. The molecule has 0 spiro atoms.